The van der Waals surface area contributed by atoms with E-state index in [1.807, 2.05) is 14.0 Å². The van der Waals surface area contributed by atoms with E-state index in [4.69, 9.17) is 5.73 Å². The molecular weight excluding hydrogens is 138 g/mol. The Balaban J connectivity index is 0.000000640. The monoisotopic (exact) mass is 147 g/mol. The van der Waals surface area contributed by atoms with Gasteiger partial charge in [-0.2, -0.15) is 5.10 Å². The van der Waals surface area contributed by atoms with Crippen LogP contribution in [0.4, 0.5) is 5.69 Å². The van der Waals surface area contributed by atoms with Crippen LogP contribution in [0, 0.1) is 6.92 Å². The van der Waals surface area contributed by atoms with Crippen molar-refractivity contribution >= 4 is 18.1 Å². The van der Waals surface area contributed by atoms with Crippen molar-refractivity contribution in [2.75, 3.05) is 5.73 Å². The third-order valence-electron chi connectivity index (χ3n) is 1.05. The molecule has 52 valence electrons. The second kappa shape index (κ2) is 2.73. The Kier molecular flexibility index (Phi) is 2.52. The van der Waals surface area contributed by atoms with E-state index in [2.05, 4.69) is 5.10 Å². The molecule has 0 saturated carbocycles. The molecule has 0 amide bonds. The number of rotatable bonds is 0. The second-order valence-corrected chi connectivity index (χ2v) is 1.84. The minimum Gasteiger partial charge on any atom is -0.396 e. The SMILES string of the molecule is Cc1nn(C)cc1N.Cl. The van der Waals surface area contributed by atoms with Crippen LogP contribution in [0.3, 0.4) is 0 Å². The first kappa shape index (κ1) is 8.30. The zero-order valence-corrected chi connectivity index (χ0v) is 6.27. The van der Waals surface area contributed by atoms with E-state index >= 15 is 0 Å². The molecular formula is C5H10ClN3. The minimum absolute atomic E-state index is 0. The van der Waals surface area contributed by atoms with Gasteiger partial charge in [0, 0.05) is 13.2 Å². The fraction of sp³-hybridized carbons (Fsp3) is 0.400. The Labute approximate surface area is 60.3 Å². The number of nitrogen functional groups attached to an aromatic ring is 1. The van der Waals surface area contributed by atoms with E-state index in [1.165, 1.54) is 0 Å². The molecule has 1 aromatic rings. The summed E-state index contributed by atoms with van der Waals surface area (Å²) in [7, 11) is 1.85. The molecule has 0 unspecified atom stereocenters. The second-order valence-electron chi connectivity index (χ2n) is 1.84. The highest BCUT2D eigenvalue weighted by atomic mass is 35.5. The molecule has 0 aliphatic carbocycles. The van der Waals surface area contributed by atoms with Crippen LogP contribution in [0.15, 0.2) is 6.20 Å². The number of hydrogen-bond donors (Lipinski definition) is 1. The van der Waals surface area contributed by atoms with Gasteiger partial charge in [-0.05, 0) is 6.92 Å². The molecule has 1 rings (SSSR count). The van der Waals surface area contributed by atoms with Crippen molar-refractivity contribution in [1.82, 2.24) is 9.78 Å². The number of hydrogen-bond acceptors (Lipinski definition) is 2. The molecule has 0 aliphatic heterocycles. The summed E-state index contributed by atoms with van der Waals surface area (Å²) in [4.78, 5) is 0. The number of nitrogens with zero attached hydrogens (tertiary/aromatic N) is 2. The first-order valence-electron chi connectivity index (χ1n) is 2.46. The molecule has 1 heterocycles. The first-order valence-corrected chi connectivity index (χ1v) is 2.46. The summed E-state index contributed by atoms with van der Waals surface area (Å²) in [6.07, 6.45) is 1.79. The van der Waals surface area contributed by atoms with Crippen molar-refractivity contribution in [3.05, 3.63) is 11.9 Å². The van der Waals surface area contributed by atoms with Gasteiger partial charge >= 0.3 is 0 Å². The van der Waals surface area contributed by atoms with Gasteiger partial charge in [0.15, 0.2) is 0 Å². The molecule has 0 aromatic carbocycles. The van der Waals surface area contributed by atoms with E-state index < -0.39 is 0 Å². The van der Waals surface area contributed by atoms with Crippen LogP contribution >= 0.6 is 12.4 Å². The average molecular weight is 148 g/mol. The van der Waals surface area contributed by atoms with Gasteiger partial charge in [0.05, 0.1) is 11.4 Å². The van der Waals surface area contributed by atoms with Gasteiger partial charge in [-0.25, -0.2) is 0 Å². The summed E-state index contributed by atoms with van der Waals surface area (Å²) in [6, 6.07) is 0. The first-order chi connectivity index (χ1) is 3.70. The van der Waals surface area contributed by atoms with Crippen LogP contribution in [0.5, 0.6) is 0 Å². The fourth-order valence-electron chi connectivity index (χ4n) is 0.618. The quantitative estimate of drug-likeness (QED) is 0.588. The van der Waals surface area contributed by atoms with Crippen LogP contribution in [-0.2, 0) is 7.05 Å². The van der Waals surface area contributed by atoms with Gasteiger partial charge < -0.3 is 5.73 Å². The average Bonchev–Trinajstić information content (AvgIpc) is 1.85. The normalized spacial score (nSPS) is 8.67. The predicted molar refractivity (Wildman–Crippen MR) is 39.6 cm³/mol. The van der Waals surface area contributed by atoms with Crippen molar-refractivity contribution in [2.24, 2.45) is 7.05 Å². The molecule has 0 aliphatic rings. The lowest BCUT2D eigenvalue weighted by Gasteiger charge is -1.79. The highest BCUT2D eigenvalue weighted by Crippen LogP contribution is 2.03. The highest BCUT2D eigenvalue weighted by molar-refractivity contribution is 5.85. The van der Waals surface area contributed by atoms with Gasteiger partial charge in [-0.1, -0.05) is 0 Å². The lowest BCUT2D eigenvalue weighted by molar-refractivity contribution is 0.756. The van der Waals surface area contributed by atoms with E-state index in [0.29, 0.717) is 0 Å². The standard InChI is InChI=1S/C5H9N3.ClH/c1-4-5(6)3-8(2)7-4;/h3H,6H2,1-2H3;1H. The molecule has 0 saturated heterocycles. The molecule has 0 spiro atoms. The van der Waals surface area contributed by atoms with Crippen LogP contribution < -0.4 is 5.73 Å². The van der Waals surface area contributed by atoms with Crippen molar-refractivity contribution in [3.63, 3.8) is 0 Å². The molecule has 1 aromatic heterocycles. The summed E-state index contributed by atoms with van der Waals surface area (Å²) in [5, 5.41) is 4.00. The minimum atomic E-state index is 0. The van der Waals surface area contributed by atoms with Crippen LogP contribution in [0.1, 0.15) is 5.69 Å². The van der Waals surface area contributed by atoms with E-state index in [0.717, 1.165) is 11.4 Å². The summed E-state index contributed by atoms with van der Waals surface area (Å²) in [5.41, 5.74) is 7.11. The summed E-state index contributed by atoms with van der Waals surface area (Å²) >= 11 is 0. The third kappa shape index (κ3) is 1.61. The van der Waals surface area contributed by atoms with Gasteiger partial charge in [-0.15, -0.1) is 12.4 Å². The zero-order valence-electron chi connectivity index (χ0n) is 5.46. The molecule has 0 radical (unpaired) electrons. The van der Waals surface area contributed by atoms with Gasteiger partial charge in [0.1, 0.15) is 0 Å². The van der Waals surface area contributed by atoms with E-state index in [-0.39, 0.29) is 12.4 Å². The van der Waals surface area contributed by atoms with Crippen LogP contribution in [0.2, 0.25) is 0 Å². The summed E-state index contributed by atoms with van der Waals surface area (Å²) < 4.78 is 1.70. The Bertz CT molecular complexity index is 175. The Morgan fingerprint density at radius 2 is 2.22 bits per heavy atom. The molecule has 0 atom stereocenters. The van der Waals surface area contributed by atoms with Crippen LogP contribution in [0.25, 0.3) is 0 Å². The molecule has 2 N–H and O–H groups in total. The summed E-state index contributed by atoms with van der Waals surface area (Å²) in [6.45, 7) is 1.88. The Morgan fingerprint density at radius 1 is 1.67 bits per heavy atom. The molecule has 0 fully saturated rings. The van der Waals surface area contributed by atoms with E-state index in [1.54, 1.807) is 10.9 Å². The fourth-order valence-corrected chi connectivity index (χ4v) is 0.618. The predicted octanol–water partition coefficient (Wildman–Crippen LogP) is 0.733. The summed E-state index contributed by atoms with van der Waals surface area (Å²) in [5.74, 6) is 0. The molecule has 9 heavy (non-hydrogen) atoms. The molecule has 3 nitrogen and oxygen atoms in total. The van der Waals surface area contributed by atoms with Crippen molar-refractivity contribution in [3.8, 4) is 0 Å². The van der Waals surface area contributed by atoms with E-state index in [9.17, 15) is 0 Å². The number of aromatic nitrogens is 2. The smallest absolute Gasteiger partial charge is 0.0822 e. The Morgan fingerprint density at radius 3 is 2.33 bits per heavy atom. The number of aryl methyl sites for hydroxylation is 2. The molecule has 0 bridgehead atoms. The largest absolute Gasteiger partial charge is 0.396 e. The number of anilines is 1. The maximum absolute atomic E-state index is 5.46. The lowest BCUT2D eigenvalue weighted by atomic mass is 10.4. The van der Waals surface area contributed by atoms with Gasteiger partial charge in [0.2, 0.25) is 0 Å². The Hall–Kier alpha value is -0.700. The highest BCUT2D eigenvalue weighted by Gasteiger charge is 1.93. The lowest BCUT2D eigenvalue weighted by Crippen LogP contribution is -1.86. The number of halogens is 1. The maximum Gasteiger partial charge on any atom is 0.0822 e. The zero-order chi connectivity index (χ0) is 6.15. The van der Waals surface area contributed by atoms with Gasteiger partial charge in [-0.3, -0.25) is 4.68 Å². The van der Waals surface area contributed by atoms with Crippen LogP contribution in [-0.4, -0.2) is 9.78 Å². The number of nitrogens with two attached hydrogens (primary N) is 1. The maximum atomic E-state index is 5.46. The van der Waals surface area contributed by atoms with Crippen molar-refractivity contribution in [2.45, 2.75) is 6.92 Å². The van der Waals surface area contributed by atoms with Gasteiger partial charge in [0.25, 0.3) is 0 Å². The molecule has 4 heteroatoms. The topological polar surface area (TPSA) is 43.8 Å². The third-order valence-corrected chi connectivity index (χ3v) is 1.05. The van der Waals surface area contributed by atoms with Crippen molar-refractivity contribution in [1.29, 1.82) is 0 Å². The van der Waals surface area contributed by atoms with Crippen molar-refractivity contribution < 1.29 is 0 Å².